The zero-order valence-corrected chi connectivity index (χ0v) is 7.94. The van der Waals surface area contributed by atoms with Gasteiger partial charge >= 0.3 is 0 Å². The molecule has 0 bridgehead atoms. The number of rotatable bonds is 2. The molecule has 0 aromatic rings. The Labute approximate surface area is 86.3 Å². The van der Waals surface area contributed by atoms with Crippen molar-refractivity contribution in [3.63, 3.8) is 0 Å². The normalized spacial score (nSPS) is 20.0. The van der Waals surface area contributed by atoms with Crippen molar-refractivity contribution in [1.29, 1.82) is 0 Å². The number of isocyanates is 2. The molecule has 0 amide bonds. The van der Waals surface area contributed by atoms with Gasteiger partial charge in [-0.15, -0.1) is 0 Å². The van der Waals surface area contributed by atoms with Crippen LogP contribution in [0.5, 0.6) is 0 Å². The molecule has 0 spiro atoms. The first-order valence-corrected chi connectivity index (χ1v) is 3.70. The summed E-state index contributed by atoms with van der Waals surface area (Å²) in [6, 6.07) is 0.0214. The molecule has 0 aliphatic heterocycles. The fraction of sp³-hybridized carbons (Fsp3) is 0.500. The summed E-state index contributed by atoms with van der Waals surface area (Å²) in [7, 11) is 0. The van der Waals surface area contributed by atoms with Gasteiger partial charge in [0.1, 0.15) is 0 Å². The van der Waals surface area contributed by atoms with Crippen LogP contribution in [0.1, 0.15) is 19.3 Å². The Morgan fingerprint density at radius 3 is 2.62 bits per heavy atom. The number of aliphatic imine (C=N–C) groups is 2. The van der Waals surface area contributed by atoms with E-state index < -0.39 is 0 Å². The van der Waals surface area contributed by atoms with E-state index in [0.717, 1.165) is 12.1 Å². The van der Waals surface area contributed by atoms with Crippen LogP contribution in [0.3, 0.4) is 0 Å². The molecular formula is C8H8FeN2O2. The molecular weight excluding hydrogens is 212 g/mol. The van der Waals surface area contributed by atoms with Crippen molar-refractivity contribution in [3.8, 4) is 0 Å². The van der Waals surface area contributed by atoms with Crippen LogP contribution in [0.25, 0.3) is 0 Å². The topological polar surface area (TPSA) is 58.9 Å². The second kappa shape index (κ2) is 6.53. The average molecular weight is 220 g/mol. The van der Waals surface area contributed by atoms with Crippen LogP contribution >= 0.6 is 0 Å². The standard InChI is InChI=1S/C8H8N2O2.Fe/c11-5-9-7-1-2-8(4-3-7)10-6-12;/h1,8H,2-4H2;. The largest absolute Gasteiger partial charge is 0.240 e. The Hall–Kier alpha value is -0.981. The van der Waals surface area contributed by atoms with Crippen molar-refractivity contribution in [3.05, 3.63) is 11.8 Å². The van der Waals surface area contributed by atoms with E-state index in [-0.39, 0.29) is 23.1 Å². The van der Waals surface area contributed by atoms with Crippen molar-refractivity contribution in [2.45, 2.75) is 25.3 Å². The molecule has 0 saturated carbocycles. The molecule has 0 saturated heterocycles. The van der Waals surface area contributed by atoms with Crippen molar-refractivity contribution in [1.82, 2.24) is 0 Å². The minimum Gasteiger partial charge on any atom is -0.211 e. The SMILES string of the molecule is O=C=NC1=CCC(N=C=O)CC1.[Fe]. The smallest absolute Gasteiger partial charge is 0.211 e. The first-order valence-electron chi connectivity index (χ1n) is 3.70. The summed E-state index contributed by atoms with van der Waals surface area (Å²) in [6.45, 7) is 0. The molecule has 0 N–H and O–H groups in total. The minimum absolute atomic E-state index is 0. The molecule has 1 aliphatic rings. The van der Waals surface area contributed by atoms with Crippen molar-refractivity contribution in [2.75, 3.05) is 0 Å². The quantitative estimate of drug-likeness (QED) is 0.397. The zero-order chi connectivity index (χ0) is 8.81. The molecule has 13 heavy (non-hydrogen) atoms. The second-order valence-electron chi connectivity index (χ2n) is 2.55. The van der Waals surface area contributed by atoms with Crippen LogP contribution in [0.4, 0.5) is 0 Å². The maximum Gasteiger partial charge on any atom is 0.240 e. The molecule has 0 aromatic carbocycles. The van der Waals surface area contributed by atoms with Gasteiger partial charge < -0.3 is 0 Å². The van der Waals surface area contributed by atoms with E-state index in [9.17, 15) is 9.59 Å². The third-order valence-corrected chi connectivity index (χ3v) is 1.78. The summed E-state index contributed by atoms with van der Waals surface area (Å²) in [4.78, 5) is 26.8. The minimum atomic E-state index is 0. The number of hydrogen-bond donors (Lipinski definition) is 0. The number of carbonyl (C=O) groups excluding carboxylic acids is 2. The van der Waals surface area contributed by atoms with Crippen LogP contribution in [0, 0.1) is 0 Å². The maximum atomic E-state index is 9.88. The van der Waals surface area contributed by atoms with Crippen molar-refractivity contribution < 1.29 is 26.7 Å². The van der Waals surface area contributed by atoms with Gasteiger partial charge in [0.15, 0.2) is 0 Å². The summed E-state index contributed by atoms with van der Waals surface area (Å²) in [5.41, 5.74) is 0.738. The monoisotopic (exact) mass is 220 g/mol. The third-order valence-electron chi connectivity index (χ3n) is 1.78. The predicted octanol–water partition coefficient (Wildman–Crippen LogP) is 1.09. The van der Waals surface area contributed by atoms with E-state index in [1.165, 1.54) is 12.2 Å². The Morgan fingerprint density at radius 1 is 1.38 bits per heavy atom. The van der Waals surface area contributed by atoms with Crippen molar-refractivity contribution in [2.24, 2.45) is 9.98 Å². The molecule has 1 atom stereocenters. The average Bonchev–Trinajstić information content (AvgIpc) is 2.09. The molecule has 70 valence electrons. The summed E-state index contributed by atoms with van der Waals surface area (Å²) in [5.74, 6) is 0. The molecule has 1 rings (SSSR count). The molecule has 5 heteroatoms. The summed E-state index contributed by atoms with van der Waals surface area (Å²) in [5, 5.41) is 0. The van der Waals surface area contributed by atoms with Crippen LogP contribution in [0.15, 0.2) is 21.8 Å². The van der Waals surface area contributed by atoms with Gasteiger partial charge in [-0.05, 0) is 19.3 Å². The van der Waals surface area contributed by atoms with Gasteiger partial charge in [-0.3, -0.25) is 0 Å². The van der Waals surface area contributed by atoms with Gasteiger partial charge in [0.25, 0.3) is 0 Å². The fourth-order valence-corrected chi connectivity index (χ4v) is 1.16. The predicted molar refractivity (Wildman–Crippen MR) is 42.0 cm³/mol. The Kier molecular flexibility index (Phi) is 6.03. The van der Waals surface area contributed by atoms with Gasteiger partial charge in [-0.2, -0.15) is 4.99 Å². The van der Waals surface area contributed by atoms with E-state index in [0.29, 0.717) is 12.8 Å². The zero-order valence-electron chi connectivity index (χ0n) is 6.84. The van der Waals surface area contributed by atoms with E-state index in [1.54, 1.807) is 6.08 Å². The third kappa shape index (κ3) is 3.97. The van der Waals surface area contributed by atoms with Gasteiger partial charge in [-0.1, -0.05) is 6.08 Å². The Balaban J connectivity index is 0.00000144. The first kappa shape index (κ1) is 12.0. The molecule has 0 aromatic heterocycles. The van der Waals surface area contributed by atoms with E-state index in [2.05, 4.69) is 9.98 Å². The van der Waals surface area contributed by atoms with Crippen LogP contribution in [-0.2, 0) is 26.7 Å². The molecule has 4 nitrogen and oxygen atoms in total. The molecule has 1 unspecified atom stereocenters. The summed E-state index contributed by atoms with van der Waals surface area (Å²) >= 11 is 0. The van der Waals surface area contributed by atoms with Crippen molar-refractivity contribution >= 4 is 12.2 Å². The summed E-state index contributed by atoms with van der Waals surface area (Å²) < 4.78 is 0. The number of allylic oxidation sites excluding steroid dienone is 1. The Morgan fingerprint density at radius 2 is 2.15 bits per heavy atom. The van der Waals surface area contributed by atoms with E-state index >= 15 is 0 Å². The van der Waals surface area contributed by atoms with Gasteiger partial charge in [0, 0.05) is 22.8 Å². The first-order chi connectivity index (χ1) is 5.86. The number of nitrogens with zero attached hydrogens (tertiary/aromatic N) is 2. The van der Waals surface area contributed by atoms with Crippen LogP contribution in [0.2, 0.25) is 0 Å². The summed E-state index contributed by atoms with van der Waals surface area (Å²) in [6.07, 6.45) is 6.91. The molecule has 0 fully saturated rings. The van der Waals surface area contributed by atoms with Crippen LogP contribution < -0.4 is 0 Å². The van der Waals surface area contributed by atoms with Gasteiger partial charge in [0.2, 0.25) is 12.2 Å². The van der Waals surface area contributed by atoms with E-state index in [4.69, 9.17) is 0 Å². The molecule has 1 aliphatic carbocycles. The van der Waals surface area contributed by atoms with Gasteiger partial charge in [-0.25, -0.2) is 14.6 Å². The van der Waals surface area contributed by atoms with Gasteiger partial charge in [0.05, 0.1) is 6.04 Å². The maximum absolute atomic E-state index is 9.88. The number of hydrogen-bond acceptors (Lipinski definition) is 4. The molecule has 0 heterocycles. The molecule has 0 radical (unpaired) electrons. The second-order valence-corrected chi connectivity index (χ2v) is 2.55. The van der Waals surface area contributed by atoms with E-state index in [1.807, 2.05) is 0 Å². The fourth-order valence-electron chi connectivity index (χ4n) is 1.16. The van der Waals surface area contributed by atoms with Crippen LogP contribution in [-0.4, -0.2) is 18.2 Å². The Bertz CT molecular complexity index is 289.